The van der Waals surface area contributed by atoms with E-state index in [1.54, 1.807) is 12.3 Å². The lowest BCUT2D eigenvalue weighted by molar-refractivity contribution is -0.138. The minimum Gasteiger partial charge on any atom is -0.481 e. The molecule has 150 valence electrons. The van der Waals surface area contributed by atoms with Crippen molar-refractivity contribution >= 4 is 22.7 Å². The van der Waals surface area contributed by atoms with E-state index in [2.05, 4.69) is 15.0 Å². The highest BCUT2D eigenvalue weighted by Gasteiger charge is 2.25. The number of hydrogen-bond donors (Lipinski definition) is 1. The van der Waals surface area contributed by atoms with Crippen LogP contribution in [0.3, 0.4) is 0 Å². The number of hydrogen-bond acceptors (Lipinski definition) is 5. The topological polar surface area (TPSA) is 79.2 Å². The highest BCUT2D eigenvalue weighted by Crippen LogP contribution is 2.32. The molecule has 6 nitrogen and oxygen atoms in total. The van der Waals surface area contributed by atoms with Crippen molar-refractivity contribution in [3.63, 3.8) is 0 Å². The van der Waals surface area contributed by atoms with Gasteiger partial charge in [-0.2, -0.15) is 0 Å². The average molecular weight is 402 g/mol. The zero-order chi connectivity index (χ0) is 20.5. The first-order chi connectivity index (χ1) is 13.9. The van der Waals surface area contributed by atoms with Gasteiger partial charge in [0.1, 0.15) is 11.6 Å². The summed E-state index contributed by atoms with van der Waals surface area (Å²) in [7, 11) is 0. The first-order valence-corrected chi connectivity index (χ1v) is 9.16. The lowest BCUT2D eigenvalue weighted by atomic mass is 9.93. The molecule has 2 aromatic heterocycles. The Morgan fingerprint density at radius 3 is 2.55 bits per heavy atom. The molecule has 0 saturated carbocycles. The minimum absolute atomic E-state index is 0.0530. The molecule has 1 fully saturated rings. The first kappa shape index (κ1) is 19.1. The van der Waals surface area contributed by atoms with E-state index in [9.17, 15) is 18.0 Å². The van der Waals surface area contributed by atoms with Crippen LogP contribution in [-0.2, 0) is 4.79 Å². The van der Waals surface area contributed by atoms with E-state index in [1.807, 2.05) is 4.90 Å². The Morgan fingerprint density at radius 1 is 1.10 bits per heavy atom. The summed E-state index contributed by atoms with van der Waals surface area (Å²) in [6, 6.07) is 2.86. The fraction of sp³-hybridized carbons (Fsp3) is 0.300. The van der Waals surface area contributed by atoms with Crippen molar-refractivity contribution in [3.8, 4) is 11.4 Å². The monoisotopic (exact) mass is 402 g/mol. The standard InChI is InChI=1S/C20H17F3N4O2/c21-14-9-16(23)15(22)8-12(14)19-25-17-1-4-24-10-13(17)20(26-19)27-5-2-11(3-6-27)7-18(28)29/h1,4,8-11H,2-3,5-7H2,(H,28,29). The maximum Gasteiger partial charge on any atom is 0.303 e. The van der Waals surface area contributed by atoms with Crippen LogP contribution >= 0.6 is 0 Å². The van der Waals surface area contributed by atoms with Crippen molar-refractivity contribution in [2.45, 2.75) is 19.3 Å². The van der Waals surface area contributed by atoms with Gasteiger partial charge in [0.05, 0.1) is 16.5 Å². The zero-order valence-electron chi connectivity index (χ0n) is 15.3. The highest BCUT2D eigenvalue weighted by atomic mass is 19.2. The SMILES string of the molecule is O=C(O)CC1CCN(c2nc(-c3cc(F)c(F)cc3F)nc3ccncc23)CC1. The van der Waals surface area contributed by atoms with Crippen molar-refractivity contribution < 1.29 is 23.1 Å². The Labute approximate surface area is 164 Å². The van der Waals surface area contributed by atoms with Crippen LogP contribution < -0.4 is 4.90 Å². The number of piperidine rings is 1. The Morgan fingerprint density at radius 2 is 1.83 bits per heavy atom. The molecule has 9 heteroatoms. The summed E-state index contributed by atoms with van der Waals surface area (Å²) in [6.07, 6.45) is 4.59. The van der Waals surface area contributed by atoms with Crippen molar-refractivity contribution in [3.05, 3.63) is 48.0 Å². The molecule has 0 atom stereocenters. The molecule has 1 aliphatic rings. The summed E-state index contributed by atoms with van der Waals surface area (Å²) in [5.74, 6) is -3.70. The van der Waals surface area contributed by atoms with Crippen LogP contribution in [0.15, 0.2) is 30.6 Å². The zero-order valence-corrected chi connectivity index (χ0v) is 15.3. The Balaban J connectivity index is 1.75. The van der Waals surface area contributed by atoms with Crippen LogP contribution in [0.4, 0.5) is 19.0 Å². The van der Waals surface area contributed by atoms with Gasteiger partial charge in [0, 0.05) is 38.0 Å². The second-order valence-electron chi connectivity index (χ2n) is 7.04. The number of aliphatic carboxylic acids is 1. The van der Waals surface area contributed by atoms with Gasteiger partial charge in [0.2, 0.25) is 0 Å². The minimum atomic E-state index is -1.28. The van der Waals surface area contributed by atoms with E-state index in [0.29, 0.717) is 48.7 Å². The number of halogens is 3. The molecule has 1 aliphatic heterocycles. The van der Waals surface area contributed by atoms with Gasteiger partial charge >= 0.3 is 5.97 Å². The molecule has 0 aliphatic carbocycles. The Kier molecular flexibility index (Phi) is 5.04. The number of carboxylic acids is 1. The summed E-state index contributed by atoms with van der Waals surface area (Å²) in [4.78, 5) is 25.8. The lowest BCUT2D eigenvalue weighted by Gasteiger charge is -2.33. The summed E-state index contributed by atoms with van der Waals surface area (Å²) >= 11 is 0. The molecule has 3 heterocycles. The molecule has 0 spiro atoms. The molecule has 0 radical (unpaired) electrons. The Bertz CT molecular complexity index is 1080. The van der Waals surface area contributed by atoms with Crippen LogP contribution in [0.25, 0.3) is 22.3 Å². The average Bonchev–Trinajstić information content (AvgIpc) is 2.70. The van der Waals surface area contributed by atoms with Crippen molar-refractivity contribution in [2.24, 2.45) is 5.92 Å². The van der Waals surface area contributed by atoms with Crippen LogP contribution in [0, 0.1) is 23.4 Å². The van der Waals surface area contributed by atoms with E-state index >= 15 is 0 Å². The maximum atomic E-state index is 14.3. The highest BCUT2D eigenvalue weighted by molar-refractivity contribution is 5.90. The summed E-state index contributed by atoms with van der Waals surface area (Å²) < 4.78 is 41.3. The van der Waals surface area contributed by atoms with Gasteiger partial charge in [-0.05, 0) is 30.9 Å². The van der Waals surface area contributed by atoms with Gasteiger partial charge < -0.3 is 10.0 Å². The van der Waals surface area contributed by atoms with Gasteiger partial charge in [0.25, 0.3) is 0 Å². The predicted octanol–water partition coefficient (Wildman–Crippen LogP) is 3.80. The van der Waals surface area contributed by atoms with Gasteiger partial charge in [-0.1, -0.05) is 0 Å². The normalized spacial score (nSPS) is 15.1. The predicted molar refractivity (Wildman–Crippen MR) is 99.8 cm³/mol. The number of aromatic nitrogens is 3. The number of carbonyl (C=O) groups is 1. The van der Waals surface area contributed by atoms with Gasteiger partial charge in [-0.15, -0.1) is 0 Å². The third-order valence-electron chi connectivity index (χ3n) is 5.11. The summed E-state index contributed by atoms with van der Waals surface area (Å²) in [6.45, 7) is 1.14. The van der Waals surface area contributed by atoms with Gasteiger partial charge in [-0.25, -0.2) is 23.1 Å². The molecular weight excluding hydrogens is 385 g/mol. The third-order valence-corrected chi connectivity index (χ3v) is 5.11. The maximum absolute atomic E-state index is 14.3. The number of carboxylic acid groups (broad SMARTS) is 1. The van der Waals surface area contributed by atoms with E-state index in [4.69, 9.17) is 5.11 Å². The molecule has 29 heavy (non-hydrogen) atoms. The van der Waals surface area contributed by atoms with Gasteiger partial charge in [-0.3, -0.25) is 9.78 Å². The van der Waals surface area contributed by atoms with Crippen molar-refractivity contribution in [1.29, 1.82) is 0 Å². The lowest BCUT2D eigenvalue weighted by Crippen LogP contribution is -2.35. The number of anilines is 1. The molecule has 1 N–H and O–H groups in total. The molecule has 0 bridgehead atoms. The quantitative estimate of drug-likeness (QED) is 0.669. The molecule has 0 amide bonds. The van der Waals surface area contributed by atoms with E-state index in [0.717, 1.165) is 6.07 Å². The van der Waals surface area contributed by atoms with Crippen LogP contribution in [0.5, 0.6) is 0 Å². The van der Waals surface area contributed by atoms with Crippen molar-refractivity contribution in [1.82, 2.24) is 15.0 Å². The Hall–Kier alpha value is -3.23. The number of pyridine rings is 1. The molecular formula is C20H17F3N4O2. The van der Waals surface area contributed by atoms with E-state index in [1.165, 1.54) is 6.20 Å². The number of benzene rings is 1. The largest absolute Gasteiger partial charge is 0.481 e. The molecule has 0 unspecified atom stereocenters. The van der Waals surface area contributed by atoms with Gasteiger partial charge in [0.15, 0.2) is 17.5 Å². The molecule has 1 saturated heterocycles. The molecule has 4 rings (SSSR count). The van der Waals surface area contributed by atoms with Crippen LogP contribution in [0.1, 0.15) is 19.3 Å². The summed E-state index contributed by atoms with van der Waals surface area (Å²) in [5, 5.41) is 9.63. The number of nitrogens with zero attached hydrogens (tertiary/aromatic N) is 4. The van der Waals surface area contributed by atoms with Crippen molar-refractivity contribution in [2.75, 3.05) is 18.0 Å². The second-order valence-corrected chi connectivity index (χ2v) is 7.04. The fourth-order valence-electron chi connectivity index (χ4n) is 3.61. The van der Waals surface area contributed by atoms with E-state index in [-0.39, 0.29) is 23.7 Å². The molecule has 1 aromatic carbocycles. The number of fused-ring (bicyclic) bond motifs is 1. The van der Waals surface area contributed by atoms with Crippen LogP contribution in [0.2, 0.25) is 0 Å². The smallest absolute Gasteiger partial charge is 0.303 e. The first-order valence-electron chi connectivity index (χ1n) is 9.16. The van der Waals surface area contributed by atoms with E-state index < -0.39 is 23.4 Å². The third kappa shape index (κ3) is 3.85. The molecule has 3 aromatic rings. The second kappa shape index (κ2) is 7.65. The number of rotatable bonds is 4. The fourth-order valence-corrected chi connectivity index (χ4v) is 3.61. The summed E-state index contributed by atoms with van der Waals surface area (Å²) in [5.41, 5.74) is 0.265. The van der Waals surface area contributed by atoms with Crippen LogP contribution in [-0.4, -0.2) is 39.1 Å².